The summed E-state index contributed by atoms with van der Waals surface area (Å²) in [7, 11) is 0. The van der Waals surface area contributed by atoms with Crippen molar-refractivity contribution in [2.24, 2.45) is 0 Å². The van der Waals surface area contributed by atoms with Crippen molar-refractivity contribution in [2.75, 3.05) is 6.61 Å². The Bertz CT molecular complexity index is 344. The van der Waals surface area contributed by atoms with Gasteiger partial charge in [-0.3, -0.25) is 0 Å². The van der Waals surface area contributed by atoms with Gasteiger partial charge < -0.3 is 9.84 Å². The Hall–Kier alpha value is -1.53. The van der Waals surface area contributed by atoms with Gasteiger partial charge in [-0.15, -0.1) is 0 Å². The smallest absolute Gasteiger partial charge is 0.125 e. The van der Waals surface area contributed by atoms with E-state index in [0.717, 1.165) is 5.56 Å². The van der Waals surface area contributed by atoms with Gasteiger partial charge in [-0.25, -0.2) is 0 Å². The van der Waals surface area contributed by atoms with Crippen molar-refractivity contribution in [1.82, 2.24) is 0 Å². The largest absolute Gasteiger partial charge is 0.493 e. The number of hydrogen-bond donors (Lipinski definition) is 1. The maximum absolute atomic E-state index is 9.83. The van der Waals surface area contributed by atoms with Crippen molar-refractivity contribution in [3.8, 4) is 11.8 Å². The lowest BCUT2D eigenvalue weighted by molar-refractivity contribution is 0.163. The molecule has 1 unspecified atom stereocenters. The molecule has 3 heteroatoms. The molecule has 0 radical (unpaired) electrons. The van der Waals surface area contributed by atoms with Crippen LogP contribution in [0.4, 0.5) is 0 Å². The summed E-state index contributed by atoms with van der Waals surface area (Å²) in [6.45, 7) is 2.47. The number of aliphatic hydroxyl groups is 1. The van der Waals surface area contributed by atoms with E-state index in [1.54, 1.807) is 0 Å². The average Bonchev–Trinajstić information content (AvgIpc) is 2.27. The van der Waals surface area contributed by atoms with Crippen LogP contribution in [0.2, 0.25) is 0 Å². The van der Waals surface area contributed by atoms with Crippen LogP contribution in [0.3, 0.4) is 0 Å². The van der Waals surface area contributed by atoms with Crippen LogP contribution in [0.1, 0.15) is 31.4 Å². The molecular weight excluding hydrogens is 190 g/mol. The lowest BCUT2D eigenvalue weighted by Gasteiger charge is -2.14. The first-order valence-electron chi connectivity index (χ1n) is 5.06. The van der Waals surface area contributed by atoms with Crippen LogP contribution in [0.15, 0.2) is 24.3 Å². The van der Waals surface area contributed by atoms with Gasteiger partial charge >= 0.3 is 0 Å². The molecule has 0 aromatic heterocycles. The molecule has 0 bridgehead atoms. The summed E-state index contributed by atoms with van der Waals surface area (Å²) in [5, 5.41) is 18.3. The van der Waals surface area contributed by atoms with Crippen LogP contribution >= 0.6 is 0 Å². The van der Waals surface area contributed by atoms with Gasteiger partial charge in [-0.05, 0) is 19.4 Å². The number of ether oxygens (including phenoxy) is 1. The van der Waals surface area contributed by atoms with E-state index < -0.39 is 6.10 Å². The first-order valence-corrected chi connectivity index (χ1v) is 5.06. The fraction of sp³-hybridized carbons (Fsp3) is 0.417. The Labute approximate surface area is 89.9 Å². The molecule has 1 atom stereocenters. The molecule has 0 aliphatic rings. The van der Waals surface area contributed by atoms with E-state index in [1.165, 1.54) is 0 Å². The number of benzene rings is 1. The standard InChI is InChI=1S/C12H15NO2/c1-2-15-12-8-4-3-6-10(12)11(14)7-5-9-13/h3-4,6,8,11,14H,2,5,7H2,1H3. The molecule has 0 heterocycles. The van der Waals surface area contributed by atoms with Crippen LogP contribution in [0.25, 0.3) is 0 Å². The molecule has 15 heavy (non-hydrogen) atoms. The number of nitriles is 1. The summed E-state index contributed by atoms with van der Waals surface area (Å²) in [4.78, 5) is 0. The molecule has 0 aliphatic heterocycles. The Balaban J connectivity index is 2.78. The highest BCUT2D eigenvalue weighted by atomic mass is 16.5. The van der Waals surface area contributed by atoms with Crippen molar-refractivity contribution in [1.29, 1.82) is 5.26 Å². The second kappa shape index (κ2) is 6.05. The molecule has 0 saturated carbocycles. The lowest BCUT2D eigenvalue weighted by Crippen LogP contribution is -2.02. The van der Waals surface area contributed by atoms with Crippen LogP contribution in [-0.2, 0) is 0 Å². The Morgan fingerprint density at radius 2 is 2.20 bits per heavy atom. The third-order valence-electron chi connectivity index (χ3n) is 2.11. The van der Waals surface area contributed by atoms with E-state index >= 15 is 0 Å². The van der Waals surface area contributed by atoms with Gasteiger partial charge in [-0.1, -0.05) is 18.2 Å². The van der Waals surface area contributed by atoms with Gasteiger partial charge in [0.2, 0.25) is 0 Å². The summed E-state index contributed by atoms with van der Waals surface area (Å²) >= 11 is 0. The molecule has 0 amide bonds. The first kappa shape index (κ1) is 11.5. The highest BCUT2D eigenvalue weighted by Crippen LogP contribution is 2.27. The Morgan fingerprint density at radius 3 is 2.87 bits per heavy atom. The van der Waals surface area contributed by atoms with E-state index in [9.17, 15) is 5.11 Å². The van der Waals surface area contributed by atoms with Gasteiger partial charge in [0.15, 0.2) is 0 Å². The third kappa shape index (κ3) is 3.26. The number of nitrogens with zero attached hydrogens (tertiary/aromatic N) is 1. The van der Waals surface area contributed by atoms with Crippen LogP contribution in [-0.4, -0.2) is 11.7 Å². The summed E-state index contributed by atoms with van der Waals surface area (Å²) in [5.74, 6) is 0.699. The summed E-state index contributed by atoms with van der Waals surface area (Å²) in [6.07, 6.45) is 0.176. The van der Waals surface area contributed by atoms with Gasteiger partial charge in [0, 0.05) is 12.0 Å². The maximum atomic E-state index is 9.83. The van der Waals surface area contributed by atoms with Crippen LogP contribution in [0, 0.1) is 11.3 Å². The lowest BCUT2D eigenvalue weighted by atomic mass is 10.0. The second-order valence-electron chi connectivity index (χ2n) is 3.18. The first-order chi connectivity index (χ1) is 7.29. The van der Waals surface area contributed by atoms with Crippen LogP contribution < -0.4 is 4.74 Å². The number of hydrogen-bond acceptors (Lipinski definition) is 3. The average molecular weight is 205 g/mol. The molecule has 0 spiro atoms. The van der Waals surface area contributed by atoms with Crippen molar-refractivity contribution in [3.63, 3.8) is 0 Å². The quantitative estimate of drug-likeness (QED) is 0.803. The Morgan fingerprint density at radius 1 is 1.47 bits per heavy atom. The predicted molar refractivity (Wildman–Crippen MR) is 57.4 cm³/mol. The zero-order valence-corrected chi connectivity index (χ0v) is 8.81. The van der Waals surface area contributed by atoms with Gasteiger partial charge in [0.25, 0.3) is 0 Å². The van der Waals surface area contributed by atoms with E-state index in [1.807, 2.05) is 37.3 Å². The van der Waals surface area contributed by atoms with E-state index in [4.69, 9.17) is 10.00 Å². The normalized spacial score (nSPS) is 11.8. The van der Waals surface area contributed by atoms with Crippen molar-refractivity contribution in [2.45, 2.75) is 25.9 Å². The minimum absolute atomic E-state index is 0.349. The fourth-order valence-corrected chi connectivity index (χ4v) is 1.40. The summed E-state index contributed by atoms with van der Waals surface area (Å²) < 4.78 is 5.40. The van der Waals surface area contributed by atoms with E-state index in [2.05, 4.69) is 0 Å². The van der Waals surface area contributed by atoms with Crippen LogP contribution in [0.5, 0.6) is 5.75 Å². The van der Waals surface area contributed by atoms with Gasteiger partial charge in [0.1, 0.15) is 5.75 Å². The van der Waals surface area contributed by atoms with Gasteiger partial charge in [-0.2, -0.15) is 5.26 Å². The number of rotatable bonds is 5. The Kier molecular flexibility index (Phi) is 4.65. The molecule has 0 fully saturated rings. The molecule has 0 saturated heterocycles. The highest BCUT2D eigenvalue weighted by molar-refractivity contribution is 5.35. The zero-order valence-electron chi connectivity index (χ0n) is 8.81. The van der Waals surface area contributed by atoms with Crippen molar-refractivity contribution in [3.05, 3.63) is 29.8 Å². The molecule has 1 rings (SSSR count). The maximum Gasteiger partial charge on any atom is 0.125 e. The molecule has 0 aliphatic carbocycles. The predicted octanol–water partition coefficient (Wildman–Crippen LogP) is 2.42. The van der Waals surface area contributed by atoms with E-state index in [-0.39, 0.29) is 0 Å². The molecule has 1 aromatic rings. The summed E-state index contributed by atoms with van der Waals surface area (Å²) in [5.41, 5.74) is 0.759. The third-order valence-corrected chi connectivity index (χ3v) is 2.11. The van der Waals surface area contributed by atoms with E-state index in [0.29, 0.717) is 25.2 Å². The molecule has 1 N–H and O–H groups in total. The van der Waals surface area contributed by atoms with Crippen molar-refractivity contribution < 1.29 is 9.84 Å². The molecule has 80 valence electrons. The zero-order chi connectivity index (χ0) is 11.1. The molecule has 1 aromatic carbocycles. The van der Waals surface area contributed by atoms with Gasteiger partial charge in [0.05, 0.1) is 18.8 Å². The highest BCUT2D eigenvalue weighted by Gasteiger charge is 2.12. The minimum atomic E-state index is -0.618. The number of para-hydroxylation sites is 1. The minimum Gasteiger partial charge on any atom is -0.493 e. The fourth-order valence-electron chi connectivity index (χ4n) is 1.40. The SMILES string of the molecule is CCOc1ccccc1C(O)CCC#N. The topological polar surface area (TPSA) is 53.2 Å². The molecular formula is C12H15NO2. The number of aliphatic hydroxyl groups excluding tert-OH is 1. The monoisotopic (exact) mass is 205 g/mol. The molecule has 3 nitrogen and oxygen atoms in total. The van der Waals surface area contributed by atoms with Crippen molar-refractivity contribution >= 4 is 0 Å². The second-order valence-corrected chi connectivity index (χ2v) is 3.18. The summed E-state index contributed by atoms with van der Waals surface area (Å²) in [6, 6.07) is 9.39.